The Labute approximate surface area is 181 Å². The lowest BCUT2D eigenvalue weighted by molar-refractivity contribution is 0.0944. The molecule has 0 aliphatic heterocycles. The number of nitrogens with zero attached hydrogens (tertiary/aromatic N) is 1. The molecule has 1 aromatic heterocycles. The van der Waals surface area contributed by atoms with Crippen LogP contribution >= 0.6 is 12.2 Å². The maximum Gasteiger partial charge on any atom is 0.270 e. The number of carbonyl (C=O) groups is 1. The zero-order valence-electron chi connectivity index (χ0n) is 16.1. The second kappa shape index (κ2) is 8.93. The first-order chi connectivity index (χ1) is 15.0. The highest BCUT2D eigenvalue weighted by Crippen LogP contribution is 2.22. The van der Waals surface area contributed by atoms with E-state index in [0.717, 1.165) is 5.56 Å². The predicted octanol–water partition coefficient (Wildman–Crippen LogP) is 5.54. The number of aromatic amines is 1. The number of H-pyrrole nitrogens is 1. The molecule has 4 aromatic rings. The van der Waals surface area contributed by atoms with E-state index in [4.69, 9.17) is 17.0 Å². The van der Waals surface area contributed by atoms with Crippen molar-refractivity contribution in [2.24, 2.45) is 0 Å². The number of carbonyl (C=O) groups excluding carboxylic acids is 1. The molecule has 0 radical (unpaired) electrons. The molecular formula is C23H17F2N3O2S. The van der Waals surface area contributed by atoms with Gasteiger partial charge in [-0.25, -0.2) is 8.78 Å². The molecule has 0 saturated carbocycles. The Morgan fingerprint density at radius 3 is 2.06 bits per heavy atom. The van der Waals surface area contributed by atoms with Crippen molar-refractivity contribution in [3.05, 3.63) is 107 Å². The van der Waals surface area contributed by atoms with Crippen LogP contribution in [0.4, 0.5) is 8.78 Å². The molecule has 1 heterocycles. The van der Waals surface area contributed by atoms with Crippen molar-refractivity contribution >= 4 is 18.1 Å². The van der Waals surface area contributed by atoms with E-state index in [1.807, 2.05) is 12.1 Å². The standard InChI is InChI=1S/C23H17F2N3O2S/c24-16-3-7-18(8-4-16)28-21(14-27-23(28)31)22(29)26-13-15-1-9-19(10-2-15)30-20-11-5-17(25)6-12-20/h1-12,14H,13H2,(H,26,29)(H,27,31). The van der Waals surface area contributed by atoms with Crippen LogP contribution in [0, 0.1) is 16.4 Å². The third-order valence-corrected chi connectivity index (χ3v) is 4.82. The number of halogens is 2. The van der Waals surface area contributed by atoms with E-state index < -0.39 is 0 Å². The summed E-state index contributed by atoms with van der Waals surface area (Å²) in [5.74, 6) is 0.0916. The molecule has 8 heteroatoms. The molecule has 3 aromatic carbocycles. The fourth-order valence-electron chi connectivity index (χ4n) is 2.97. The summed E-state index contributed by atoms with van der Waals surface area (Å²) in [6, 6.07) is 18.6. The Bertz CT molecular complexity index is 1250. The molecule has 5 nitrogen and oxygen atoms in total. The molecule has 0 aliphatic carbocycles. The van der Waals surface area contributed by atoms with Crippen molar-refractivity contribution in [2.45, 2.75) is 6.54 Å². The Hall–Kier alpha value is -3.78. The first-order valence-corrected chi connectivity index (χ1v) is 9.77. The minimum atomic E-state index is -0.372. The number of benzene rings is 3. The van der Waals surface area contributed by atoms with Crippen LogP contribution in [0.25, 0.3) is 5.69 Å². The molecule has 0 unspecified atom stereocenters. The van der Waals surface area contributed by atoms with Crippen LogP contribution in [-0.4, -0.2) is 15.5 Å². The Kier molecular flexibility index (Phi) is 5.90. The van der Waals surface area contributed by atoms with Crippen LogP contribution in [-0.2, 0) is 6.54 Å². The van der Waals surface area contributed by atoms with Crippen molar-refractivity contribution < 1.29 is 18.3 Å². The number of nitrogens with one attached hydrogen (secondary N) is 2. The van der Waals surface area contributed by atoms with Gasteiger partial charge in [-0.2, -0.15) is 0 Å². The molecule has 31 heavy (non-hydrogen) atoms. The molecule has 0 spiro atoms. The number of aromatic nitrogens is 2. The van der Waals surface area contributed by atoms with Gasteiger partial charge in [0.15, 0.2) is 4.77 Å². The first-order valence-electron chi connectivity index (χ1n) is 9.36. The lowest BCUT2D eigenvalue weighted by Gasteiger charge is -2.10. The zero-order valence-corrected chi connectivity index (χ0v) is 17.0. The zero-order chi connectivity index (χ0) is 21.8. The van der Waals surface area contributed by atoms with E-state index in [2.05, 4.69) is 10.3 Å². The van der Waals surface area contributed by atoms with E-state index in [1.54, 1.807) is 41.0 Å². The molecular weight excluding hydrogens is 420 g/mol. The molecule has 0 atom stereocenters. The number of hydrogen-bond donors (Lipinski definition) is 2. The summed E-state index contributed by atoms with van der Waals surface area (Å²) in [7, 11) is 0. The molecule has 0 fully saturated rings. The number of ether oxygens (including phenoxy) is 1. The maximum absolute atomic E-state index is 13.2. The fraction of sp³-hybridized carbons (Fsp3) is 0.0435. The Morgan fingerprint density at radius 2 is 1.45 bits per heavy atom. The van der Waals surface area contributed by atoms with E-state index in [0.29, 0.717) is 27.7 Å². The van der Waals surface area contributed by atoms with Crippen molar-refractivity contribution in [1.29, 1.82) is 0 Å². The molecule has 2 N–H and O–H groups in total. The summed E-state index contributed by atoms with van der Waals surface area (Å²) in [6.45, 7) is 0.289. The second-order valence-corrected chi connectivity index (χ2v) is 7.06. The average Bonchev–Trinajstić information content (AvgIpc) is 3.17. The lowest BCUT2D eigenvalue weighted by atomic mass is 10.2. The van der Waals surface area contributed by atoms with E-state index in [-0.39, 0.29) is 24.1 Å². The monoisotopic (exact) mass is 437 g/mol. The van der Waals surface area contributed by atoms with Crippen LogP contribution in [0.1, 0.15) is 16.1 Å². The third kappa shape index (κ3) is 4.87. The Balaban J connectivity index is 1.42. The van der Waals surface area contributed by atoms with Gasteiger partial charge in [0.2, 0.25) is 0 Å². The minimum absolute atomic E-state index is 0.289. The van der Waals surface area contributed by atoms with Crippen LogP contribution in [0.15, 0.2) is 79.0 Å². The van der Waals surface area contributed by atoms with Crippen molar-refractivity contribution in [3.63, 3.8) is 0 Å². The van der Waals surface area contributed by atoms with Gasteiger partial charge in [-0.1, -0.05) is 12.1 Å². The number of rotatable bonds is 6. The van der Waals surface area contributed by atoms with Gasteiger partial charge in [0.25, 0.3) is 5.91 Å². The van der Waals surface area contributed by atoms with Crippen LogP contribution in [0.3, 0.4) is 0 Å². The van der Waals surface area contributed by atoms with Crippen molar-refractivity contribution in [2.75, 3.05) is 0 Å². The summed E-state index contributed by atoms with van der Waals surface area (Å²) in [5.41, 5.74) is 1.76. The molecule has 1 amide bonds. The third-order valence-electron chi connectivity index (χ3n) is 4.52. The van der Waals surface area contributed by atoms with Gasteiger partial charge in [-0.05, 0) is 78.4 Å². The summed E-state index contributed by atoms with van der Waals surface area (Å²) in [6.07, 6.45) is 1.51. The van der Waals surface area contributed by atoms with Gasteiger partial charge in [0.1, 0.15) is 28.8 Å². The topological polar surface area (TPSA) is 59.0 Å². The van der Waals surface area contributed by atoms with Crippen LogP contribution in [0.5, 0.6) is 11.5 Å². The van der Waals surface area contributed by atoms with Crippen molar-refractivity contribution in [1.82, 2.24) is 14.9 Å². The highest BCUT2D eigenvalue weighted by Gasteiger charge is 2.14. The van der Waals surface area contributed by atoms with Crippen LogP contribution < -0.4 is 10.1 Å². The fourth-order valence-corrected chi connectivity index (χ4v) is 3.23. The van der Waals surface area contributed by atoms with Gasteiger partial charge in [-0.15, -0.1) is 0 Å². The van der Waals surface area contributed by atoms with Gasteiger partial charge >= 0.3 is 0 Å². The number of amides is 1. The minimum Gasteiger partial charge on any atom is -0.457 e. The summed E-state index contributed by atoms with van der Waals surface area (Å²) < 4.78 is 33.7. The van der Waals surface area contributed by atoms with Gasteiger partial charge in [0.05, 0.1) is 0 Å². The van der Waals surface area contributed by atoms with Crippen molar-refractivity contribution in [3.8, 4) is 17.2 Å². The summed E-state index contributed by atoms with van der Waals surface area (Å²) in [5, 5.41) is 2.84. The van der Waals surface area contributed by atoms with E-state index >= 15 is 0 Å². The second-order valence-electron chi connectivity index (χ2n) is 6.67. The lowest BCUT2D eigenvalue weighted by Crippen LogP contribution is -2.25. The van der Waals surface area contributed by atoms with Gasteiger partial charge in [0, 0.05) is 18.4 Å². The highest BCUT2D eigenvalue weighted by molar-refractivity contribution is 7.71. The molecule has 0 aliphatic rings. The first kappa shape index (κ1) is 20.5. The smallest absolute Gasteiger partial charge is 0.270 e. The molecule has 0 saturated heterocycles. The Morgan fingerprint density at radius 1 is 0.903 bits per heavy atom. The normalized spacial score (nSPS) is 10.6. The molecule has 0 bridgehead atoms. The molecule has 156 valence electrons. The quantitative estimate of drug-likeness (QED) is 0.390. The van der Waals surface area contributed by atoms with E-state index in [9.17, 15) is 13.6 Å². The van der Waals surface area contributed by atoms with E-state index in [1.165, 1.54) is 30.5 Å². The predicted molar refractivity (Wildman–Crippen MR) is 115 cm³/mol. The number of hydrogen-bond acceptors (Lipinski definition) is 3. The SMILES string of the molecule is O=C(NCc1ccc(Oc2ccc(F)cc2)cc1)c1c[nH]c(=S)n1-c1ccc(F)cc1. The highest BCUT2D eigenvalue weighted by atomic mass is 32.1. The van der Waals surface area contributed by atoms with Gasteiger partial charge < -0.3 is 15.0 Å². The summed E-state index contributed by atoms with van der Waals surface area (Å²) in [4.78, 5) is 15.5. The number of imidazole rings is 1. The maximum atomic E-state index is 13.2. The average molecular weight is 437 g/mol. The van der Waals surface area contributed by atoms with Crippen LogP contribution in [0.2, 0.25) is 0 Å². The summed E-state index contributed by atoms with van der Waals surface area (Å²) >= 11 is 5.26. The molecule has 4 rings (SSSR count). The largest absolute Gasteiger partial charge is 0.457 e. The van der Waals surface area contributed by atoms with Gasteiger partial charge in [-0.3, -0.25) is 9.36 Å².